The molecule has 0 aliphatic heterocycles. The van der Waals surface area contributed by atoms with E-state index in [1.807, 2.05) is 0 Å². The van der Waals surface area contributed by atoms with Crippen LogP contribution in [0.5, 0.6) is 0 Å². The van der Waals surface area contributed by atoms with Crippen LogP contribution in [0.3, 0.4) is 0 Å². The van der Waals surface area contributed by atoms with E-state index in [1.165, 1.54) is 42.6 Å². The minimum absolute atomic E-state index is 0.444. The lowest BCUT2D eigenvalue weighted by atomic mass is 9.83. The van der Waals surface area contributed by atoms with Gasteiger partial charge < -0.3 is 0 Å². The predicted octanol–water partition coefficient (Wildman–Crippen LogP) is 5.74. The molecule has 0 aromatic heterocycles. The quantitative estimate of drug-likeness (QED) is 0.567. The molecule has 0 saturated carbocycles. The lowest BCUT2D eigenvalue weighted by Gasteiger charge is -2.31. The van der Waals surface area contributed by atoms with Crippen molar-refractivity contribution in [1.82, 2.24) is 0 Å². The molecule has 0 unspecified atom stereocenters. The third kappa shape index (κ3) is 5.43. The molecular weight excluding hydrogens is 268 g/mol. The maximum atomic E-state index is 4.64. The molecule has 0 aliphatic carbocycles. The van der Waals surface area contributed by atoms with Gasteiger partial charge in [0, 0.05) is 11.5 Å². The molecule has 0 N–H and O–H groups in total. The molecule has 2 heteroatoms. The van der Waals surface area contributed by atoms with Gasteiger partial charge in [0.1, 0.15) is 0 Å². The van der Waals surface area contributed by atoms with Crippen molar-refractivity contribution in [3.63, 3.8) is 0 Å². The first-order valence-electron chi connectivity index (χ1n) is 7.40. The van der Waals surface area contributed by atoms with Gasteiger partial charge in [-0.2, -0.15) is 24.4 Å². The average Bonchev–Trinajstić information content (AvgIpc) is 2.41. The number of thioether (sulfide) groups is 1. The largest absolute Gasteiger partial charge is 0.179 e. The third-order valence-electron chi connectivity index (χ3n) is 3.82. The van der Waals surface area contributed by atoms with E-state index in [0.29, 0.717) is 5.41 Å². The molecule has 1 rings (SSSR count). The van der Waals surface area contributed by atoms with E-state index in [2.05, 4.69) is 69.4 Å². The molecule has 108 valence electrons. The number of benzene rings is 1. The van der Waals surface area contributed by atoms with Gasteiger partial charge in [-0.05, 0) is 42.1 Å². The van der Waals surface area contributed by atoms with Crippen LogP contribution in [0.25, 0.3) is 0 Å². The highest BCUT2D eigenvalue weighted by molar-refractivity contribution is 7.98. The van der Waals surface area contributed by atoms with Gasteiger partial charge in [0.05, 0.1) is 0 Å². The van der Waals surface area contributed by atoms with Gasteiger partial charge in [-0.15, -0.1) is 0 Å². The zero-order valence-electron chi connectivity index (χ0n) is 12.6. The molecule has 19 heavy (non-hydrogen) atoms. The average molecular weight is 297 g/mol. The first-order valence-corrected chi connectivity index (χ1v) is 9.19. The minimum atomic E-state index is 0.444. The van der Waals surface area contributed by atoms with Crippen molar-refractivity contribution < 1.29 is 0 Å². The smallest absolute Gasteiger partial charge is 0.0187 e. The normalized spacial score (nSPS) is 11.8. The summed E-state index contributed by atoms with van der Waals surface area (Å²) in [6, 6.07) is 8.73. The summed E-state index contributed by atoms with van der Waals surface area (Å²) in [6.07, 6.45) is 5.16. The van der Waals surface area contributed by atoms with Gasteiger partial charge in [-0.25, -0.2) is 0 Å². The molecule has 0 aliphatic rings. The summed E-state index contributed by atoms with van der Waals surface area (Å²) in [6.45, 7) is 6.79. The highest BCUT2D eigenvalue weighted by Crippen LogP contribution is 2.36. The number of thiol groups is 1. The maximum absolute atomic E-state index is 4.64. The molecule has 0 saturated heterocycles. The second kappa shape index (κ2) is 8.97. The van der Waals surface area contributed by atoms with E-state index < -0.39 is 0 Å². The first kappa shape index (κ1) is 17.0. The highest BCUT2D eigenvalue weighted by atomic mass is 32.2. The van der Waals surface area contributed by atoms with Gasteiger partial charge >= 0.3 is 0 Å². The summed E-state index contributed by atoms with van der Waals surface area (Å²) in [5.74, 6) is 3.40. The van der Waals surface area contributed by atoms with Crippen molar-refractivity contribution in [3.05, 3.63) is 35.4 Å². The third-order valence-corrected chi connectivity index (χ3v) is 5.83. The number of rotatable bonds is 9. The van der Waals surface area contributed by atoms with Gasteiger partial charge in [0.2, 0.25) is 0 Å². The molecule has 0 fully saturated rings. The fourth-order valence-electron chi connectivity index (χ4n) is 2.68. The zero-order valence-corrected chi connectivity index (χ0v) is 14.3. The molecule has 0 atom stereocenters. The predicted molar refractivity (Wildman–Crippen MR) is 93.4 cm³/mol. The van der Waals surface area contributed by atoms with E-state index >= 15 is 0 Å². The lowest BCUT2D eigenvalue weighted by molar-refractivity contribution is 0.318. The molecule has 0 bridgehead atoms. The molecule has 0 heterocycles. The molecular formula is C17H28S2. The zero-order chi connectivity index (χ0) is 14.1. The second-order valence-electron chi connectivity index (χ2n) is 5.58. The van der Waals surface area contributed by atoms with Crippen LogP contribution in [0, 0.1) is 12.3 Å². The fraction of sp³-hybridized carbons (Fsp3) is 0.647. The Labute approximate surface area is 129 Å². The van der Waals surface area contributed by atoms with Crippen LogP contribution in [-0.2, 0) is 5.75 Å². The van der Waals surface area contributed by atoms with E-state index in [4.69, 9.17) is 0 Å². The Kier molecular flexibility index (Phi) is 8.01. The van der Waals surface area contributed by atoms with Crippen LogP contribution in [0.4, 0.5) is 0 Å². The summed E-state index contributed by atoms with van der Waals surface area (Å²) in [5, 5.41) is 0. The molecule has 0 spiro atoms. The monoisotopic (exact) mass is 296 g/mol. The summed E-state index contributed by atoms with van der Waals surface area (Å²) in [4.78, 5) is 0. The fourth-order valence-corrected chi connectivity index (χ4v) is 4.73. The Balaban J connectivity index is 2.54. The maximum Gasteiger partial charge on any atom is 0.0187 e. The summed E-state index contributed by atoms with van der Waals surface area (Å²) < 4.78 is 0. The lowest BCUT2D eigenvalue weighted by Crippen LogP contribution is -2.26. The van der Waals surface area contributed by atoms with Crippen LogP contribution < -0.4 is 0 Å². The van der Waals surface area contributed by atoms with Crippen molar-refractivity contribution in [2.24, 2.45) is 5.41 Å². The van der Waals surface area contributed by atoms with Crippen LogP contribution in [-0.4, -0.2) is 11.5 Å². The Hall–Kier alpha value is -0.0800. The second-order valence-corrected chi connectivity index (χ2v) is 6.88. The van der Waals surface area contributed by atoms with Gasteiger partial charge in [-0.1, -0.05) is 51.0 Å². The van der Waals surface area contributed by atoms with Crippen molar-refractivity contribution >= 4 is 24.4 Å². The molecule has 0 radical (unpaired) electrons. The number of hydrogen-bond acceptors (Lipinski definition) is 2. The highest BCUT2D eigenvalue weighted by Gasteiger charge is 2.26. The SMILES string of the molecule is CCCC(CS)(CCC)CSCc1ccccc1C. The van der Waals surface area contributed by atoms with E-state index in [-0.39, 0.29) is 0 Å². The topological polar surface area (TPSA) is 0 Å². The molecule has 1 aromatic rings. The van der Waals surface area contributed by atoms with E-state index in [9.17, 15) is 0 Å². The summed E-state index contributed by atoms with van der Waals surface area (Å²) >= 11 is 6.72. The summed E-state index contributed by atoms with van der Waals surface area (Å²) in [7, 11) is 0. The Morgan fingerprint density at radius 1 is 1.11 bits per heavy atom. The van der Waals surface area contributed by atoms with E-state index in [1.54, 1.807) is 0 Å². The molecule has 0 nitrogen and oxygen atoms in total. The molecule has 0 amide bonds. The first-order chi connectivity index (χ1) is 9.17. The Bertz CT molecular complexity index is 354. The van der Waals surface area contributed by atoms with Crippen LogP contribution >= 0.6 is 24.4 Å². The van der Waals surface area contributed by atoms with E-state index in [0.717, 1.165) is 11.5 Å². The van der Waals surface area contributed by atoms with Crippen molar-refractivity contribution in [2.45, 2.75) is 52.2 Å². The van der Waals surface area contributed by atoms with Crippen molar-refractivity contribution in [1.29, 1.82) is 0 Å². The number of aryl methyl sites for hydroxylation is 1. The molecule has 1 aromatic carbocycles. The minimum Gasteiger partial charge on any atom is -0.179 e. The van der Waals surface area contributed by atoms with Crippen molar-refractivity contribution in [3.8, 4) is 0 Å². The van der Waals surface area contributed by atoms with Crippen LogP contribution in [0.15, 0.2) is 24.3 Å². The van der Waals surface area contributed by atoms with Crippen molar-refractivity contribution in [2.75, 3.05) is 11.5 Å². The standard InChI is InChI=1S/C17H28S2/c1-4-10-17(13-18,11-5-2)14-19-12-16-9-7-6-8-15(16)3/h6-9,18H,4-5,10-14H2,1-3H3. The Morgan fingerprint density at radius 3 is 2.26 bits per heavy atom. The number of hydrogen-bond donors (Lipinski definition) is 1. The van der Waals surface area contributed by atoms with Crippen LogP contribution in [0.2, 0.25) is 0 Å². The van der Waals surface area contributed by atoms with Gasteiger partial charge in [0.15, 0.2) is 0 Å². The summed E-state index contributed by atoms with van der Waals surface area (Å²) in [5.41, 5.74) is 3.34. The van der Waals surface area contributed by atoms with Crippen LogP contribution in [0.1, 0.15) is 50.7 Å². The Morgan fingerprint density at radius 2 is 1.74 bits per heavy atom. The van der Waals surface area contributed by atoms with Gasteiger partial charge in [0.25, 0.3) is 0 Å². The van der Waals surface area contributed by atoms with Gasteiger partial charge in [-0.3, -0.25) is 0 Å².